The molecule has 56 heavy (non-hydrogen) atoms. The Kier molecular flexibility index (Phi) is 49.3. The molecule has 0 spiro atoms. The van der Waals surface area contributed by atoms with Gasteiger partial charge in [0.2, 0.25) is 0 Å². The second-order valence-corrected chi connectivity index (χ2v) is 13.9. The Labute approximate surface area is 342 Å². The van der Waals surface area contributed by atoms with Crippen LogP contribution >= 0.6 is 0 Å². The second kappa shape index (κ2) is 50.2. The van der Waals surface area contributed by atoms with Crippen molar-refractivity contribution in [2.45, 2.75) is 117 Å². The lowest BCUT2D eigenvalue weighted by atomic mass is 10.0. The number of carbonyl (C=O) groups excluding carboxylic acids is 1. The Morgan fingerprint density at radius 3 is 0.875 bits per heavy atom. The van der Waals surface area contributed by atoms with Gasteiger partial charge in [0, 0.05) is 13.0 Å². The normalized spacial score (nSPS) is 12.1. The van der Waals surface area contributed by atoms with E-state index in [9.17, 15) is 4.79 Å². The van der Waals surface area contributed by atoms with E-state index in [4.69, 9.17) is 56.8 Å². The highest BCUT2D eigenvalue weighted by molar-refractivity contribution is 5.69. The lowest BCUT2D eigenvalue weighted by Crippen LogP contribution is -2.15. The highest BCUT2D eigenvalue weighted by atomic mass is 16.6. The van der Waals surface area contributed by atoms with Crippen LogP contribution in [0.25, 0.3) is 0 Å². The van der Waals surface area contributed by atoms with Gasteiger partial charge in [-0.1, -0.05) is 104 Å². The van der Waals surface area contributed by atoms with Crippen LogP contribution in [0.5, 0.6) is 0 Å². The fraction of sp³-hybridized carbons (Fsp3) is 0.977. The zero-order valence-electron chi connectivity index (χ0n) is 36.3. The Hall–Kier alpha value is -0.970. The highest BCUT2D eigenvalue weighted by Gasteiger charge is 2.03. The predicted octanol–water partition coefficient (Wildman–Crippen LogP) is 7.24. The monoisotopic (exact) mass is 811 g/mol. The van der Waals surface area contributed by atoms with Gasteiger partial charge in [-0.05, 0) is 12.3 Å². The Morgan fingerprint density at radius 1 is 0.339 bits per heavy atom. The molecule has 0 aromatic rings. The second-order valence-electron chi connectivity index (χ2n) is 13.9. The van der Waals surface area contributed by atoms with E-state index in [0.29, 0.717) is 151 Å². The summed E-state index contributed by atoms with van der Waals surface area (Å²) >= 11 is 0. The minimum Gasteiger partial charge on any atom is -0.463 e. The van der Waals surface area contributed by atoms with Crippen LogP contribution in [0.15, 0.2) is 0 Å². The van der Waals surface area contributed by atoms with Gasteiger partial charge in [0.05, 0.1) is 139 Å². The van der Waals surface area contributed by atoms with Crippen LogP contribution in [0.2, 0.25) is 0 Å². The van der Waals surface area contributed by atoms with E-state index < -0.39 is 0 Å². The molecule has 0 saturated heterocycles. The average molecular weight is 811 g/mol. The summed E-state index contributed by atoms with van der Waals surface area (Å²) in [4.78, 5) is 11.9. The quantitative estimate of drug-likeness (QED) is 0.0453. The van der Waals surface area contributed by atoms with E-state index in [-0.39, 0.29) is 12.6 Å². The maximum absolute atomic E-state index is 11.9. The van der Waals surface area contributed by atoms with Gasteiger partial charge < -0.3 is 56.8 Å². The maximum Gasteiger partial charge on any atom is 0.305 e. The Bertz CT molecular complexity index is 734. The van der Waals surface area contributed by atoms with E-state index >= 15 is 0 Å². The molecule has 0 radical (unpaired) electrons. The van der Waals surface area contributed by atoms with Crippen molar-refractivity contribution >= 4 is 5.97 Å². The minimum absolute atomic E-state index is 0.131. The fourth-order valence-corrected chi connectivity index (χ4v) is 5.18. The van der Waals surface area contributed by atoms with Crippen LogP contribution < -0.4 is 0 Å². The van der Waals surface area contributed by atoms with Gasteiger partial charge in [0.25, 0.3) is 0 Å². The van der Waals surface area contributed by atoms with E-state index in [1.54, 1.807) is 0 Å². The molecule has 0 N–H and O–H groups in total. The zero-order chi connectivity index (χ0) is 40.5. The SMILES string of the molecule is CCCCCCCCCCCCCCCC(=O)OCCOCCOCCOCCOCCOCCOCCOCCOCCOCCOCCOCC(C)CC. The molecule has 13 nitrogen and oxygen atoms in total. The van der Waals surface area contributed by atoms with Crippen molar-refractivity contribution in [1.82, 2.24) is 0 Å². The molecule has 0 rings (SSSR count). The third-order valence-corrected chi connectivity index (χ3v) is 8.79. The molecule has 0 aromatic carbocycles. The first-order chi connectivity index (χ1) is 27.7. The lowest BCUT2D eigenvalue weighted by molar-refractivity contribution is -0.145. The van der Waals surface area contributed by atoms with Gasteiger partial charge in [-0.2, -0.15) is 0 Å². The number of hydrogen-bond donors (Lipinski definition) is 0. The summed E-state index contributed by atoms with van der Waals surface area (Å²) < 4.78 is 65.8. The van der Waals surface area contributed by atoms with Crippen LogP contribution in [-0.4, -0.2) is 158 Å². The molecule has 0 aromatic heterocycles. The lowest BCUT2D eigenvalue weighted by Gasteiger charge is -2.10. The molecular weight excluding hydrogens is 724 g/mol. The molecule has 1 atom stereocenters. The fourth-order valence-electron chi connectivity index (χ4n) is 5.18. The van der Waals surface area contributed by atoms with Crippen molar-refractivity contribution in [3.05, 3.63) is 0 Å². The zero-order valence-corrected chi connectivity index (χ0v) is 36.3. The number of esters is 1. The highest BCUT2D eigenvalue weighted by Crippen LogP contribution is 2.13. The number of unbranched alkanes of at least 4 members (excludes halogenated alkanes) is 12. The summed E-state index contributed by atoms with van der Waals surface area (Å²) in [5, 5.41) is 0. The predicted molar refractivity (Wildman–Crippen MR) is 220 cm³/mol. The largest absolute Gasteiger partial charge is 0.463 e. The summed E-state index contributed by atoms with van der Waals surface area (Å²) in [6.07, 6.45) is 18.5. The summed E-state index contributed by atoms with van der Waals surface area (Å²) in [6, 6.07) is 0. The first kappa shape index (κ1) is 55.0. The van der Waals surface area contributed by atoms with Crippen LogP contribution in [0, 0.1) is 5.92 Å². The van der Waals surface area contributed by atoms with E-state index in [2.05, 4.69) is 20.8 Å². The topological polar surface area (TPSA) is 128 Å². The first-order valence-electron chi connectivity index (χ1n) is 22.2. The first-order valence-corrected chi connectivity index (χ1v) is 22.2. The molecular formula is C43H86O13. The van der Waals surface area contributed by atoms with Gasteiger partial charge in [0.1, 0.15) is 6.61 Å². The molecule has 336 valence electrons. The molecule has 0 fully saturated rings. The van der Waals surface area contributed by atoms with Crippen molar-refractivity contribution < 1.29 is 61.6 Å². The summed E-state index contributed by atoms with van der Waals surface area (Å²) in [7, 11) is 0. The van der Waals surface area contributed by atoms with Crippen LogP contribution in [0.4, 0.5) is 0 Å². The van der Waals surface area contributed by atoms with Crippen molar-refractivity contribution in [2.24, 2.45) is 5.92 Å². The van der Waals surface area contributed by atoms with Crippen LogP contribution in [-0.2, 0) is 61.6 Å². The molecule has 0 saturated carbocycles. The third kappa shape index (κ3) is 49.2. The van der Waals surface area contributed by atoms with Crippen molar-refractivity contribution in [3.63, 3.8) is 0 Å². The number of hydrogen-bond acceptors (Lipinski definition) is 13. The molecule has 0 aliphatic carbocycles. The van der Waals surface area contributed by atoms with Gasteiger partial charge in [-0.25, -0.2) is 0 Å². The molecule has 0 amide bonds. The third-order valence-electron chi connectivity index (χ3n) is 8.79. The van der Waals surface area contributed by atoms with Gasteiger partial charge in [-0.3, -0.25) is 4.79 Å². The molecule has 1 unspecified atom stereocenters. The van der Waals surface area contributed by atoms with Crippen molar-refractivity contribution in [3.8, 4) is 0 Å². The van der Waals surface area contributed by atoms with E-state index in [1.165, 1.54) is 70.6 Å². The van der Waals surface area contributed by atoms with Crippen LogP contribution in [0.3, 0.4) is 0 Å². The standard InChI is InChI=1S/C43H86O13/c1-4-6-7-8-9-10-11-12-13-14-15-16-17-18-43(44)56-40-39-54-36-35-52-32-31-50-28-27-48-24-23-46-20-19-45-21-22-47-25-26-49-29-30-51-33-34-53-37-38-55-41-42(3)5-2/h42H,4-41H2,1-3H3. The van der Waals surface area contributed by atoms with Crippen molar-refractivity contribution in [2.75, 3.05) is 152 Å². The summed E-state index contributed by atoms with van der Waals surface area (Å²) in [6.45, 7) is 18.4. The summed E-state index contributed by atoms with van der Waals surface area (Å²) in [5.74, 6) is 0.464. The van der Waals surface area contributed by atoms with Gasteiger partial charge in [-0.15, -0.1) is 0 Å². The number of ether oxygens (including phenoxy) is 12. The maximum atomic E-state index is 11.9. The Morgan fingerprint density at radius 2 is 0.589 bits per heavy atom. The molecule has 0 bridgehead atoms. The average Bonchev–Trinajstić information content (AvgIpc) is 3.20. The van der Waals surface area contributed by atoms with Crippen molar-refractivity contribution in [1.29, 1.82) is 0 Å². The number of carbonyl (C=O) groups is 1. The van der Waals surface area contributed by atoms with Gasteiger partial charge >= 0.3 is 5.97 Å². The molecule has 0 aliphatic rings. The van der Waals surface area contributed by atoms with Gasteiger partial charge in [0.15, 0.2) is 0 Å². The van der Waals surface area contributed by atoms with E-state index in [0.717, 1.165) is 25.9 Å². The van der Waals surface area contributed by atoms with Crippen LogP contribution in [0.1, 0.15) is 117 Å². The van der Waals surface area contributed by atoms with E-state index in [1.807, 2.05) is 0 Å². The molecule has 0 aliphatic heterocycles. The Balaban J connectivity index is 3.13. The minimum atomic E-state index is -0.131. The summed E-state index contributed by atoms with van der Waals surface area (Å²) in [5.41, 5.74) is 0. The molecule has 13 heteroatoms. The molecule has 0 heterocycles. The smallest absolute Gasteiger partial charge is 0.305 e. The number of rotatable bonds is 50.